The summed E-state index contributed by atoms with van der Waals surface area (Å²) in [6, 6.07) is 28.6. The molecule has 0 aliphatic rings. The van der Waals surface area contributed by atoms with Crippen molar-refractivity contribution in [2.24, 2.45) is 0 Å². The maximum absolute atomic E-state index is 11.9. The van der Waals surface area contributed by atoms with Crippen LogP contribution in [0.15, 0.2) is 108 Å². The molecule has 0 saturated carbocycles. The summed E-state index contributed by atoms with van der Waals surface area (Å²) in [4.78, 5) is 33.1. The van der Waals surface area contributed by atoms with Crippen LogP contribution in [0.2, 0.25) is 10.0 Å². The number of carboxylic acid groups (broad SMARTS) is 2. The third kappa shape index (κ3) is 12.8. The molecule has 0 spiro atoms. The number of aliphatic hydroxyl groups excluding tert-OH is 2. The Bertz CT molecular complexity index is 2990. The second kappa shape index (κ2) is 24.4. The van der Waals surface area contributed by atoms with Gasteiger partial charge in [-0.3, -0.25) is 9.59 Å². The van der Waals surface area contributed by atoms with E-state index in [-0.39, 0.29) is 65.6 Å². The number of fused-ring (bicyclic) bond motifs is 2. The Morgan fingerprint density at radius 1 is 0.556 bits per heavy atom. The van der Waals surface area contributed by atoms with Crippen LogP contribution >= 0.6 is 45.9 Å². The van der Waals surface area contributed by atoms with Gasteiger partial charge in [-0.05, 0) is 119 Å². The van der Waals surface area contributed by atoms with E-state index in [1.807, 2.05) is 85.3 Å². The number of benzene rings is 4. The second-order valence-corrected chi connectivity index (χ2v) is 19.6. The Kier molecular flexibility index (Phi) is 17.6. The van der Waals surface area contributed by atoms with E-state index in [0.29, 0.717) is 55.6 Å². The van der Waals surface area contributed by atoms with Crippen molar-refractivity contribution in [3.63, 3.8) is 0 Å². The molecule has 0 radical (unpaired) electrons. The third-order valence-electron chi connectivity index (χ3n) is 12.2. The van der Waals surface area contributed by atoms with Crippen molar-refractivity contribution >= 4 is 78.2 Å². The number of carbonyl (C=O) groups is 2. The van der Waals surface area contributed by atoms with Crippen molar-refractivity contribution in [2.45, 2.75) is 78.3 Å². The Morgan fingerprint density at radius 2 is 0.972 bits per heavy atom. The summed E-state index contributed by atoms with van der Waals surface area (Å²) in [5, 5.41) is 48.9. The molecule has 6 N–H and O–H groups in total. The number of hydrogen-bond donors (Lipinski definition) is 6. The summed E-state index contributed by atoms with van der Waals surface area (Å²) in [7, 11) is 0. The predicted molar refractivity (Wildman–Crippen MR) is 281 cm³/mol. The summed E-state index contributed by atoms with van der Waals surface area (Å²) in [5.41, 5.74) is 10.2. The highest BCUT2D eigenvalue weighted by atomic mass is 35.5. The minimum Gasteiger partial charge on any atom is -0.487 e. The summed E-state index contributed by atoms with van der Waals surface area (Å²) >= 11 is 16.9. The smallest absolute Gasteiger partial charge is 0.320 e. The SMILES string of the molecule is Cc1c(COc2cc(OCc3ccc4sccc4n3)c(CNC(CCO)C(=O)O)cc2Cl)cccc1-c1cccc(COc2cc(OCc3ccc4sccc4n3)c(CNC(CCO)C(=O)O)cc2Cl)c1C. The van der Waals surface area contributed by atoms with Crippen molar-refractivity contribution in [1.82, 2.24) is 20.6 Å². The number of rotatable bonds is 25. The topological polar surface area (TPSA) is 202 Å². The van der Waals surface area contributed by atoms with Crippen LogP contribution in [0.5, 0.6) is 23.0 Å². The zero-order valence-electron chi connectivity index (χ0n) is 39.3. The molecule has 8 aromatic rings. The molecule has 2 atom stereocenters. The van der Waals surface area contributed by atoms with Gasteiger partial charge in [0, 0.05) is 49.6 Å². The van der Waals surface area contributed by atoms with E-state index in [1.54, 1.807) is 46.9 Å². The average Bonchev–Trinajstić information content (AvgIpc) is 4.05. The van der Waals surface area contributed by atoms with Crippen molar-refractivity contribution in [1.29, 1.82) is 0 Å². The monoisotopic (exact) mass is 1050 g/mol. The largest absolute Gasteiger partial charge is 0.487 e. The molecule has 8 rings (SSSR count). The van der Waals surface area contributed by atoms with Gasteiger partial charge >= 0.3 is 11.9 Å². The Labute approximate surface area is 433 Å². The Balaban J connectivity index is 0.990. The third-order valence-corrected chi connectivity index (χ3v) is 14.5. The van der Waals surface area contributed by atoms with Gasteiger partial charge < -0.3 is 50.0 Å². The van der Waals surface area contributed by atoms with Gasteiger partial charge in [0.25, 0.3) is 0 Å². The van der Waals surface area contributed by atoms with E-state index < -0.39 is 24.0 Å². The van der Waals surface area contributed by atoms with Gasteiger partial charge in [-0.25, -0.2) is 9.97 Å². The molecule has 0 aliphatic carbocycles. The fraction of sp³-hybridized carbons (Fsp3) is 0.259. The normalized spacial score (nSPS) is 12.2. The molecule has 4 aromatic heterocycles. The number of thiophene rings is 2. The molecule has 0 saturated heterocycles. The molecule has 0 fully saturated rings. The Hall–Kier alpha value is -6.34. The van der Waals surface area contributed by atoms with Crippen LogP contribution in [0.1, 0.15) is 57.6 Å². The number of carboxylic acids is 2. The van der Waals surface area contributed by atoms with Crippen molar-refractivity contribution in [2.75, 3.05) is 13.2 Å². The molecule has 0 bridgehead atoms. The minimum absolute atomic E-state index is 0.0288. The number of nitrogens with one attached hydrogen (secondary N) is 2. The van der Waals surface area contributed by atoms with Gasteiger partial charge in [0.15, 0.2) is 0 Å². The molecule has 4 aromatic carbocycles. The molecular weight excluding hydrogens is 1000 g/mol. The molecule has 72 heavy (non-hydrogen) atoms. The quantitative estimate of drug-likeness (QED) is 0.0316. The van der Waals surface area contributed by atoms with Crippen LogP contribution in [0, 0.1) is 13.8 Å². The van der Waals surface area contributed by atoms with Gasteiger partial charge in [0.05, 0.1) is 41.9 Å². The van der Waals surface area contributed by atoms with Gasteiger partial charge in [0.1, 0.15) is 61.5 Å². The number of aliphatic hydroxyl groups is 2. The van der Waals surface area contributed by atoms with Gasteiger partial charge in [0.2, 0.25) is 0 Å². The fourth-order valence-corrected chi connectivity index (χ4v) is 10.0. The first-order valence-electron chi connectivity index (χ1n) is 23.0. The lowest BCUT2D eigenvalue weighted by molar-refractivity contribution is -0.140. The lowest BCUT2D eigenvalue weighted by Crippen LogP contribution is -2.37. The van der Waals surface area contributed by atoms with E-state index in [0.717, 1.165) is 53.8 Å². The highest BCUT2D eigenvalue weighted by molar-refractivity contribution is 7.17. The first-order valence-corrected chi connectivity index (χ1v) is 25.5. The van der Waals surface area contributed by atoms with Crippen LogP contribution < -0.4 is 29.6 Å². The van der Waals surface area contributed by atoms with E-state index in [4.69, 9.17) is 52.1 Å². The number of pyridine rings is 2. The summed E-state index contributed by atoms with van der Waals surface area (Å²) in [5.74, 6) is -0.532. The number of hydrogen-bond acceptors (Lipinski definition) is 14. The second-order valence-electron chi connectivity index (χ2n) is 16.9. The minimum atomic E-state index is -1.08. The summed E-state index contributed by atoms with van der Waals surface area (Å²) < 4.78 is 27.6. The predicted octanol–water partition coefficient (Wildman–Crippen LogP) is 10.7. The highest BCUT2D eigenvalue weighted by Gasteiger charge is 2.22. The number of ether oxygens (including phenoxy) is 4. The summed E-state index contributed by atoms with van der Waals surface area (Å²) in [6.45, 7) is 4.36. The van der Waals surface area contributed by atoms with Crippen LogP contribution in [0.25, 0.3) is 31.6 Å². The molecule has 4 heterocycles. The van der Waals surface area contributed by atoms with Crippen LogP contribution in [-0.4, -0.2) is 67.6 Å². The van der Waals surface area contributed by atoms with E-state index in [1.165, 1.54) is 0 Å². The lowest BCUT2D eigenvalue weighted by Gasteiger charge is -2.19. The number of aromatic nitrogens is 2. The number of halogens is 2. The van der Waals surface area contributed by atoms with Crippen LogP contribution in [-0.2, 0) is 49.1 Å². The van der Waals surface area contributed by atoms with Crippen LogP contribution in [0.3, 0.4) is 0 Å². The molecule has 2 unspecified atom stereocenters. The van der Waals surface area contributed by atoms with E-state index in [9.17, 15) is 30.0 Å². The van der Waals surface area contributed by atoms with Crippen molar-refractivity contribution < 1.29 is 49.0 Å². The number of aliphatic carboxylic acids is 2. The van der Waals surface area contributed by atoms with E-state index in [2.05, 4.69) is 22.8 Å². The van der Waals surface area contributed by atoms with Crippen molar-refractivity contribution in [3.8, 4) is 34.1 Å². The van der Waals surface area contributed by atoms with Gasteiger partial charge in [-0.15, -0.1) is 22.7 Å². The molecule has 0 amide bonds. The highest BCUT2D eigenvalue weighted by Crippen LogP contribution is 2.38. The first kappa shape index (κ1) is 52.0. The summed E-state index contributed by atoms with van der Waals surface area (Å²) in [6.07, 6.45) is 0.0576. The molecule has 18 heteroatoms. The Morgan fingerprint density at radius 3 is 1.38 bits per heavy atom. The maximum Gasteiger partial charge on any atom is 0.320 e. The fourth-order valence-electron chi connectivity index (χ4n) is 8.10. The van der Waals surface area contributed by atoms with Crippen LogP contribution in [0.4, 0.5) is 0 Å². The zero-order valence-corrected chi connectivity index (χ0v) is 42.5. The molecule has 0 aliphatic heterocycles. The van der Waals surface area contributed by atoms with E-state index >= 15 is 0 Å². The van der Waals surface area contributed by atoms with Gasteiger partial charge in [-0.2, -0.15) is 0 Å². The number of nitrogens with zero attached hydrogens (tertiary/aromatic N) is 2. The lowest BCUT2D eigenvalue weighted by atomic mass is 9.92. The zero-order chi connectivity index (χ0) is 50.7. The van der Waals surface area contributed by atoms with Crippen molar-refractivity contribution in [3.05, 3.63) is 163 Å². The standard InChI is InChI=1S/C54H52Cl2N4O10S2/c1-31-33(27-67-49-23-47(69-29-37-9-11-51-43(59-37)15-19-71-51)35(21-41(49)55)25-57-45(13-17-61)53(63)64)5-3-7-39(31)40-8-4-6-34(32(40)2)28-68-50-24-48(70-30-38-10-12-52-44(60-38)16-20-72-52)36(22-42(50)56)26-58-46(14-18-62)54(65)66/h3-12,15-16,19-24,45-46,57-58,61-62H,13-14,17-18,25-30H2,1-2H3,(H,63,64)(H,65,66). The van der Waals surface area contributed by atoms with Gasteiger partial charge in [-0.1, -0.05) is 59.6 Å². The maximum atomic E-state index is 11.9. The average molecular weight is 1050 g/mol. The first-order chi connectivity index (χ1) is 34.9. The molecule has 374 valence electrons. The molecule has 14 nitrogen and oxygen atoms in total. The molecular formula is C54H52Cl2N4O10S2.